The molecule has 2 aromatic rings. The fourth-order valence-electron chi connectivity index (χ4n) is 2.36. The second-order valence-electron chi connectivity index (χ2n) is 5.25. The number of hydrogen-bond donors (Lipinski definition) is 1. The van der Waals surface area contributed by atoms with E-state index in [0.29, 0.717) is 0 Å². The van der Waals surface area contributed by atoms with Crippen molar-refractivity contribution in [2.45, 2.75) is 19.0 Å². The Balaban J connectivity index is 1.86. The van der Waals surface area contributed by atoms with Crippen molar-refractivity contribution in [3.8, 4) is 0 Å². The van der Waals surface area contributed by atoms with E-state index in [2.05, 4.69) is 46.5 Å². The minimum atomic E-state index is -0.296. The Labute approximate surface area is 125 Å². The van der Waals surface area contributed by atoms with Crippen molar-refractivity contribution < 1.29 is 4.39 Å². The Morgan fingerprint density at radius 2 is 1.95 bits per heavy atom. The first-order valence-electron chi connectivity index (χ1n) is 7.20. The Bertz CT molecular complexity index is 527. The van der Waals surface area contributed by atoms with E-state index in [-0.39, 0.29) is 11.9 Å². The number of rotatable bonds is 7. The highest BCUT2D eigenvalue weighted by Gasteiger charge is 2.12. The molecule has 0 aliphatic rings. The number of aromatic nitrogens is 1. The molecule has 4 heteroatoms. The van der Waals surface area contributed by atoms with Crippen molar-refractivity contribution in [3.63, 3.8) is 0 Å². The Morgan fingerprint density at radius 3 is 2.57 bits per heavy atom. The van der Waals surface area contributed by atoms with Crippen molar-refractivity contribution >= 4 is 0 Å². The second kappa shape index (κ2) is 7.86. The van der Waals surface area contributed by atoms with Gasteiger partial charge in [-0.1, -0.05) is 30.3 Å². The maximum absolute atomic E-state index is 12.9. The predicted octanol–water partition coefficient (Wildman–Crippen LogP) is 3.00. The zero-order valence-corrected chi connectivity index (χ0v) is 12.6. The fraction of sp³-hybridized carbons (Fsp3) is 0.353. The van der Waals surface area contributed by atoms with Gasteiger partial charge in [0.2, 0.25) is 0 Å². The highest BCUT2D eigenvalue weighted by Crippen LogP contribution is 2.15. The Hall–Kier alpha value is -1.78. The van der Waals surface area contributed by atoms with Crippen molar-refractivity contribution in [3.05, 3.63) is 65.7 Å². The molecular weight excluding hydrogens is 265 g/mol. The average molecular weight is 287 g/mol. The largest absolute Gasteiger partial charge is 0.312 e. The van der Waals surface area contributed by atoms with E-state index in [1.165, 1.54) is 17.8 Å². The van der Waals surface area contributed by atoms with E-state index in [4.69, 9.17) is 0 Å². The van der Waals surface area contributed by atoms with Crippen LogP contribution in [-0.4, -0.2) is 30.5 Å². The van der Waals surface area contributed by atoms with Gasteiger partial charge < -0.3 is 10.2 Å². The lowest BCUT2D eigenvalue weighted by molar-refractivity contribution is 0.302. The van der Waals surface area contributed by atoms with E-state index in [0.717, 1.165) is 25.2 Å². The third-order valence-corrected chi connectivity index (χ3v) is 3.55. The maximum Gasteiger partial charge on any atom is 0.141 e. The molecule has 3 nitrogen and oxygen atoms in total. The molecule has 21 heavy (non-hydrogen) atoms. The van der Waals surface area contributed by atoms with Crippen LogP contribution in [0, 0.1) is 5.82 Å². The van der Waals surface area contributed by atoms with E-state index >= 15 is 0 Å². The summed E-state index contributed by atoms with van der Waals surface area (Å²) in [7, 11) is 4.02. The number of nitrogens with one attached hydrogen (secondary N) is 1. The molecule has 1 unspecified atom stereocenters. The molecule has 0 aliphatic heterocycles. The van der Waals surface area contributed by atoms with Gasteiger partial charge in [-0.05, 0) is 38.2 Å². The predicted molar refractivity (Wildman–Crippen MR) is 83.4 cm³/mol. The standard InChI is InChI=1S/C17H22FN3/c1-19-16(17-9-8-15(18)12-20-17)10-11-21(2)13-14-6-4-3-5-7-14/h3-9,12,16,19H,10-11,13H2,1-2H3. The molecule has 2 rings (SSSR count). The van der Waals surface area contributed by atoms with Gasteiger partial charge in [-0.25, -0.2) is 4.39 Å². The van der Waals surface area contributed by atoms with Crippen LogP contribution in [0.4, 0.5) is 4.39 Å². The zero-order chi connectivity index (χ0) is 15.1. The van der Waals surface area contributed by atoms with Crippen LogP contribution in [0.15, 0.2) is 48.7 Å². The topological polar surface area (TPSA) is 28.2 Å². The highest BCUT2D eigenvalue weighted by atomic mass is 19.1. The number of pyridine rings is 1. The van der Waals surface area contributed by atoms with Crippen molar-refractivity contribution in [2.75, 3.05) is 20.6 Å². The third kappa shape index (κ3) is 4.92. The lowest BCUT2D eigenvalue weighted by Crippen LogP contribution is -2.25. The van der Waals surface area contributed by atoms with E-state index in [1.54, 1.807) is 6.07 Å². The quantitative estimate of drug-likeness (QED) is 0.848. The minimum absolute atomic E-state index is 0.142. The first-order chi connectivity index (χ1) is 10.2. The monoisotopic (exact) mass is 287 g/mol. The van der Waals surface area contributed by atoms with E-state index in [9.17, 15) is 4.39 Å². The Morgan fingerprint density at radius 1 is 1.19 bits per heavy atom. The summed E-state index contributed by atoms with van der Waals surface area (Å²) in [6, 6.07) is 13.8. The molecule has 0 radical (unpaired) electrons. The van der Waals surface area contributed by atoms with Crippen molar-refractivity contribution in [2.24, 2.45) is 0 Å². The van der Waals surface area contributed by atoms with E-state index in [1.807, 2.05) is 13.1 Å². The van der Waals surface area contributed by atoms with Crippen LogP contribution in [-0.2, 0) is 6.54 Å². The normalized spacial score (nSPS) is 12.6. The first kappa shape index (κ1) is 15.6. The molecule has 0 saturated heterocycles. The van der Waals surface area contributed by atoms with Crippen LogP contribution >= 0.6 is 0 Å². The highest BCUT2D eigenvalue weighted by molar-refractivity contribution is 5.14. The number of halogens is 1. The third-order valence-electron chi connectivity index (χ3n) is 3.55. The summed E-state index contributed by atoms with van der Waals surface area (Å²) in [4.78, 5) is 6.44. The molecule has 1 heterocycles. The van der Waals surface area contributed by atoms with Crippen LogP contribution in [0.3, 0.4) is 0 Å². The Kier molecular flexibility index (Phi) is 5.84. The molecule has 0 bridgehead atoms. The summed E-state index contributed by atoms with van der Waals surface area (Å²) in [5.41, 5.74) is 2.19. The maximum atomic E-state index is 12.9. The summed E-state index contributed by atoms with van der Waals surface area (Å²) in [5.74, 6) is -0.296. The smallest absolute Gasteiger partial charge is 0.141 e. The van der Waals surface area contributed by atoms with Gasteiger partial charge in [0.1, 0.15) is 5.82 Å². The molecule has 112 valence electrons. The van der Waals surface area contributed by atoms with Gasteiger partial charge in [-0.15, -0.1) is 0 Å². The lowest BCUT2D eigenvalue weighted by atomic mass is 10.1. The summed E-state index contributed by atoms with van der Waals surface area (Å²) in [6.45, 7) is 1.87. The van der Waals surface area contributed by atoms with Crippen LogP contribution in [0.1, 0.15) is 23.7 Å². The zero-order valence-electron chi connectivity index (χ0n) is 12.6. The lowest BCUT2D eigenvalue weighted by Gasteiger charge is -2.21. The second-order valence-corrected chi connectivity index (χ2v) is 5.25. The van der Waals surface area contributed by atoms with Crippen LogP contribution < -0.4 is 5.32 Å². The van der Waals surface area contributed by atoms with Gasteiger partial charge in [-0.3, -0.25) is 4.98 Å². The van der Waals surface area contributed by atoms with Gasteiger partial charge in [-0.2, -0.15) is 0 Å². The van der Waals surface area contributed by atoms with Crippen LogP contribution in [0.2, 0.25) is 0 Å². The van der Waals surface area contributed by atoms with Crippen molar-refractivity contribution in [1.82, 2.24) is 15.2 Å². The SMILES string of the molecule is CNC(CCN(C)Cc1ccccc1)c1ccc(F)cn1. The van der Waals surface area contributed by atoms with Gasteiger partial charge >= 0.3 is 0 Å². The molecule has 1 atom stereocenters. The average Bonchev–Trinajstić information content (AvgIpc) is 2.50. The van der Waals surface area contributed by atoms with E-state index < -0.39 is 0 Å². The number of nitrogens with zero attached hydrogens (tertiary/aromatic N) is 2. The first-order valence-corrected chi connectivity index (χ1v) is 7.20. The van der Waals surface area contributed by atoms with Gasteiger partial charge in [0, 0.05) is 13.1 Å². The summed E-state index contributed by atoms with van der Waals surface area (Å²) < 4.78 is 12.9. The molecule has 0 saturated carbocycles. The molecule has 0 amide bonds. The molecule has 0 aliphatic carbocycles. The summed E-state index contributed by atoms with van der Waals surface area (Å²) >= 11 is 0. The van der Waals surface area contributed by atoms with Crippen LogP contribution in [0.25, 0.3) is 0 Å². The fourth-order valence-corrected chi connectivity index (χ4v) is 2.36. The minimum Gasteiger partial charge on any atom is -0.312 e. The van der Waals surface area contributed by atoms with Gasteiger partial charge in [0.15, 0.2) is 0 Å². The molecular formula is C17H22FN3. The summed E-state index contributed by atoms with van der Waals surface area (Å²) in [6.07, 6.45) is 2.20. The molecule has 1 aromatic carbocycles. The summed E-state index contributed by atoms with van der Waals surface area (Å²) in [5, 5.41) is 3.25. The number of hydrogen-bond acceptors (Lipinski definition) is 3. The number of benzene rings is 1. The molecule has 1 N–H and O–H groups in total. The van der Waals surface area contributed by atoms with Crippen LogP contribution in [0.5, 0.6) is 0 Å². The molecule has 0 spiro atoms. The molecule has 0 fully saturated rings. The van der Waals surface area contributed by atoms with Crippen molar-refractivity contribution in [1.29, 1.82) is 0 Å². The van der Waals surface area contributed by atoms with Gasteiger partial charge in [0.25, 0.3) is 0 Å². The van der Waals surface area contributed by atoms with Gasteiger partial charge in [0.05, 0.1) is 17.9 Å². The molecule has 1 aromatic heterocycles.